The Bertz CT molecular complexity index is 5590. The first-order valence-corrected chi connectivity index (χ1v) is 35.1. The van der Waals surface area contributed by atoms with Crippen molar-refractivity contribution in [3.8, 4) is 100 Å². The largest absolute Gasteiger partial charge is 0.0725 e. The lowest BCUT2D eigenvalue weighted by Crippen LogP contribution is -2.25. The van der Waals surface area contributed by atoms with Gasteiger partial charge in [-0.3, -0.25) is 0 Å². The Morgan fingerprint density at radius 3 is 0.910 bits per heavy atom. The number of benzene rings is 16. The van der Waals surface area contributed by atoms with E-state index in [0.29, 0.717) is 0 Å². The zero-order valence-electron chi connectivity index (χ0n) is 57.6. The average molecular weight is 1280 g/mol. The van der Waals surface area contributed by atoms with Crippen molar-refractivity contribution in [2.75, 3.05) is 0 Å². The van der Waals surface area contributed by atoms with Crippen LogP contribution in [0, 0.1) is 27.7 Å². The molecule has 478 valence electrons. The van der Waals surface area contributed by atoms with Gasteiger partial charge in [0.05, 0.1) is 5.41 Å². The first-order valence-electron chi connectivity index (χ1n) is 35.1. The molecule has 0 saturated carbocycles. The zero-order valence-corrected chi connectivity index (χ0v) is 57.6. The summed E-state index contributed by atoms with van der Waals surface area (Å²) in [7, 11) is 0. The topological polar surface area (TPSA) is 0 Å². The van der Waals surface area contributed by atoms with Crippen LogP contribution in [0.2, 0.25) is 0 Å². The van der Waals surface area contributed by atoms with E-state index >= 15 is 0 Å². The highest BCUT2D eigenvalue weighted by atomic mass is 14.5. The summed E-state index contributed by atoms with van der Waals surface area (Å²) in [6, 6.07) is 133. The second kappa shape index (κ2) is 26.5. The van der Waals surface area contributed by atoms with Crippen LogP contribution in [-0.4, -0.2) is 0 Å². The third-order valence-corrected chi connectivity index (χ3v) is 21.1. The molecule has 0 unspecified atom stereocenters. The summed E-state index contributed by atoms with van der Waals surface area (Å²) in [5.41, 5.74) is 36.9. The predicted octanol–water partition coefficient (Wildman–Crippen LogP) is 26.9. The van der Waals surface area contributed by atoms with Gasteiger partial charge in [0.25, 0.3) is 0 Å². The van der Waals surface area contributed by atoms with E-state index in [4.69, 9.17) is 0 Å². The molecule has 0 fully saturated rings. The highest BCUT2D eigenvalue weighted by Crippen LogP contribution is 2.63. The Hall–Kier alpha value is -12.0. The molecule has 0 heteroatoms. The minimum absolute atomic E-state index is 0.0760. The monoisotopic (exact) mass is 1280 g/mol. The summed E-state index contributed by atoms with van der Waals surface area (Å²) in [4.78, 5) is 0. The van der Waals surface area contributed by atoms with Gasteiger partial charge in [0.1, 0.15) is 0 Å². The van der Waals surface area contributed by atoms with Crippen LogP contribution < -0.4 is 0 Å². The lowest BCUT2D eigenvalue weighted by atomic mass is 9.70. The Morgan fingerprint density at radius 2 is 0.450 bits per heavy atom. The third-order valence-electron chi connectivity index (χ3n) is 21.1. The lowest BCUT2D eigenvalue weighted by molar-refractivity contribution is 0.660. The highest BCUT2D eigenvalue weighted by Gasteiger charge is 2.51. The van der Waals surface area contributed by atoms with Crippen molar-refractivity contribution >= 4 is 21.5 Å². The van der Waals surface area contributed by atoms with Crippen LogP contribution >= 0.6 is 0 Å². The van der Waals surface area contributed by atoms with Crippen molar-refractivity contribution in [1.82, 2.24) is 0 Å². The number of aryl methyl sites for hydroxylation is 4. The standard InChI is InChI=1S/C32H22.2C23H18.C22H20/c1-21-14-16-22(17-15-21)23-18-19-27-26-10-4-7-13-30(26)32(31(27)20-23)28-11-5-2-8-24(28)25-9-3-6-12-29(25)32;1-17-9-11-18(12-10-17)19-13-15-21(16-14-19)23-8-4-6-20-5-2-3-7-22(20)23;1-17-6-8-19(9-7-17)20-10-12-21(13-11-20)23-15-14-18-4-2-3-5-22(18)16-23;1-15-8-10-16(11-9-15)17-12-13-19-18-6-4-5-7-20(18)22(2,3)21(19)14-17/h2-20H,1H3;2*2-16H,1H3;4-14H,1-3H3. The molecule has 16 aromatic rings. The number of hydrogen-bond donors (Lipinski definition) is 0. The van der Waals surface area contributed by atoms with E-state index in [1.165, 1.54) is 177 Å². The third kappa shape index (κ3) is 11.7. The quantitative estimate of drug-likeness (QED) is 0.156. The lowest BCUT2D eigenvalue weighted by Gasteiger charge is -2.30. The molecule has 1 spiro atoms. The Balaban J connectivity index is 0.000000105. The molecule has 0 radical (unpaired) electrons. The van der Waals surface area contributed by atoms with Crippen molar-refractivity contribution < 1.29 is 0 Å². The fraction of sp³-hybridized carbons (Fsp3) is 0.0800. The fourth-order valence-electron chi connectivity index (χ4n) is 15.7. The summed E-state index contributed by atoms with van der Waals surface area (Å²) in [6.45, 7) is 13.2. The van der Waals surface area contributed by atoms with Gasteiger partial charge < -0.3 is 0 Å². The van der Waals surface area contributed by atoms with Crippen molar-refractivity contribution in [3.63, 3.8) is 0 Å². The molecule has 0 bridgehead atoms. The van der Waals surface area contributed by atoms with E-state index in [-0.39, 0.29) is 10.8 Å². The van der Waals surface area contributed by atoms with Gasteiger partial charge in [-0.1, -0.05) is 382 Å². The van der Waals surface area contributed by atoms with Crippen LogP contribution in [0.3, 0.4) is 0 Å². The summed E-state index contributed by atoms with van der Waals surface area (Å²) in [5.74, 6) is 0. The first-order chi connectivity index (χ1) is 49.0. The van der Waals surface area contributed by atoms with Gasteiger partial charge in [-0.05, 0) is 201 Å². The predicted molar refractivity (Wildman–Crippen MR) is 426 cm³/mol. The Labute approximate surface area is 589 Å². The van der Waals surface area contributed by atoms with E-state index in [1.807, 2.05) is 0 Å². The summed E-state index contributed by atoms with van der Waals surface area (Å²) >= 11 is 0. The molecular weight excluding hydrogens is 1200 g/mol. The summed E-state index contributed by atoms with van der Waals surface area (Å²) < 4.78 is 0. The van der Waals surface area contributed by atoms with Crippen molar-refractivity contribution in [2.24, 2.45) is 0 Å². The molecule has 100 heavy (non-hydrogen) atoms. The molecule has 3 aliphatic rings. The van der Waals surface area contributed by atoms with E-state index in [0.717, 1.165) is 0 Å². The SMILES string of the molecule is Cc1ccc(-c2ccc(-c3ccc4ccccc4c3)cc2)cc1.Cc1ccc(-c2ccc(-c3cccc4ccccc34)cc2)cc1.Cc1ccc(-c2ccc3c(c2)C(C)(C)c2ccccc2-3)cc1.Cc1ccc(-c2ccc3c(c2)C2(c4ccccc4-c4ccccc42)c2ccccc2-3)cc1. The normalized spacial score (nSPS) is 12.7. The maximum absolute atomic E-state index is 2.44. The van der Waals surface area contributed by atoms with Gasteiger partial charge in [-0.2, -0.15) is 0 Å². The molecule has 0 aliphatic heterocycles. The van der Waals surface area contributed by atoms with Gasteiger partial charge in [-0.15, -0.1) is 0 Å². The molecule has 0 N–H and O–H groups in total. The van der Waals surface area contributed by atoms with Crippen LogP contribution in [0.15, 0.2) is 364 Å². The summed E-state index contributed by atoms with van der Waals surface area (Å²) in [5, 5.41) is 5.16. The van der Waals surface area contributed by atoms with Gasteiger partial charge in [0.2, 0.25) is 0 Å². The molecular formula is C100H78. The number of hydrogen-bond acceptors (Lipinski definition) is 0. The maximum atomic E-state index is 2.44. The van der Waals surface area contributed by atoms with E-state index in [9.17, 15) is 0 Å². The number of fused-ring (bicyclic) bond motifs is 15. The van der Waals surface area contributed by atoms with E-state index in [1.54, 1.807) is 0 Å². The molecule has 3 aliphatic carbocycles. The minimum atomic E-state index is -0.264. The van der Waals surface area contributed by atoms with Gasteiger partial charge >= 0.3 is 0 Å². The summed E-state index contributed by atoms with van der Waals surface area (Å²) in [6.07, 6.45) is 0. The minimum Gasteiger partial charge on any atom is -0.0619 e. The Kier molecular flexibility index (Phi) is 16.6. The van der Waals surface area contributed by atoms with Gasteiger partial charge in [-0.25, -0.2) is 0 Å². The van der Waals surface area contributed by atoms with Gasteiger partial charge in [0, 0.05) is 5.41 Å². The second-order valence-electron chi connectivity index (χ2n) is 27.8. The van der Waals surface area contributed by atoms with Crippen molar-refractivity contribution in [1.29, 1.82) is 0 Å². The van der Waals surface area contributed by atoms with Crippen LogP contribution in [0.1, 0.15) is 69.5 Å². The second-order valence-corrected chi connectivity index (χ2v) is 27.8. The van der Waals surface area contributed by atoms with Crippen molar-refractivity contribution in [2.45, 2.75) is 52.4 Å². The van der Waals surface area contributed by atoms with Crippen molar-refractivity contribution in [3.05, 3.63) is 420 Å². The molecule has 0 heterocycles. The molecule has 0 aromatic heterocycles. The van der Waals surface area contributed by atoms with Crippen LogP contribution in [0.5, 0.6) is 0 Å². The molecule has 0 atom stereocenters. The first kappa shape index (κ1) is 62.8. The van der Waals surface area contributed by atoms with E-state index < -0.39 is 0 Å². The van der Waals surface area contributed by atoms with Crippen LogP contribution in [0.4, 0.5) is 0 Å². The van der Waals surface area contributed by atoms with Gasteiger partial charge in [0.15, 0.2) is 0 Å². The molecule has 16 aromatic carbocycles. The highest BCUT2D eigenvalue weighted by molar-refractivity contribution is 5.98. The van der Waals surface area contributed by atoms with Crippen LogP contribution in [0.25, 0.3) is 122 Å². The molecule has 19 rings (SSSR count). The Morgan fingerprint density at radius 1 is 0.170 bits per heavy atom. The molecule has 0 amide bonds. The average Bonchev–Trinajstić information content (AvgIpc) is 1.55. The van der Waals surface area contributed by atoms with Crippen LogP contribution in [-0.2, 0) is 10.8 Å². The van der Waals surface area contributed by atoms with E-state index in [2.05, 4.69) is 406 Å². The number of rotatable bonds is 6. The molecule has 0 saturated heterocycles. The molecule has 0 nitrogen and oxygen atoms in total. The fourth-order valence-corrected chi connectivity index (χ4v) is 15.7. The smallest absolute Gasteiger partial charge is 0.0619 e. The maximum Gasteiger partial charge on any atom is 0.0725 e. The zero-order chi connectivity index (χ0) is 67.9.